The number of likely N-dealkylation sites (N-methyl/N-ethyl adjacent to an activating group) is 1. The van der Waals surface area contributed by atoms with Gasteiger partial charge in [0, 0.05) is 25.0 Å². The molecule has 1 aromatic carbocycles. The van der Waals surface area contributed by atoms with Crippen molar-refractivity contribution >= 4 is 23.6 Å². The second-order valence-corrected chi connectivity index (χ2v) is 5.59. The van der Waals surface area contributed by atoms with Crippen molar-refractivity contribution in [1.29, 1.82) is 0 Å². The average molecular weight is 311 g/mol. The molecule has 0 aliphatic carbocycles. The van der Waals surface area contributed by atoms with E-state index in [-0.39, 0.29) is 18.1 Å². The Balaban J connectivity index is 1.62. The Morgan fingerprint density at radius 3 is 2.76 bits per heavy atom. The lowest BCUT2D eigenvalue weighted by atomic mass is 10.1. The molecule has 1 atom stereocenters. The highest BCUT2D eigenvalue weighted by atomic mass is 35.5. The van der Waals surface area contributed by atoms with Crippen LogP contribution < -0.4 is 5.32 Å². The van der Waals surface area contributed by atoms with Gasteiger partial charge in [0.05, 0.1) is 6.54 Å². The number of hydrogen-bond donors (Lipinski definition) is 1. The van der Waals surface area contributed by atoms with Crippen molar-refractivity contribution in [3.8, 4) is 0 Å². The zero-order chi connectivity index (χ0) is 15.2. The van der Waals surface area contributed by atoms with Crippen LogP contribution in [0.5, 0.6) is 0 Å². The molecule has 1 fully saturated rings. The summed E-state index contributed by atoms with van der Waals surface area (Å²) >= 11 is 5.81. The Bertz CT molecular complexity index is 504. The fraction of sp³-hybridized carbons (Fsp3) is 0.467. The molecule has 0 spiro atoms. The summed E-state index contributed by atoms with van der Waals surface area (Å²) < 4.78 is 5.10. The molecular formula is C15H19ClN2O3. The Morgan fingerprint density at radius 2 is 2.14 bits per heavy atom. The first kappa shape index (κ1) is 15.6. The third-order valence-corrected chi connectivity index (χ3v) is 3.65. The van der Waals surface area contributed by atoms with Crippen LogP contribution in [0.15, 0.2) is 24.3 Å². The van der Waals surface area contributed by atoms with Crippen LogP contribution in [0.1, 0.15) is 18.4 Å². The van der Waals surface area contributed by atoms with Crippen LogP contribution in [0.3, 0.4) is 0 Å². The number of cyclic esters (lactones) is 1. The van der Waals surface area contributed by atoms with Crippen molar-refractivity contribution in [3.05, 3.63) is 34.9 Å². The van der Waals surface area contributed by atoms with E-state index in [1.165, 1.54) is 4.90 Å². The van der Waals surface area contributed by atoms with E-state index in [0.29, 0.717) is 31.0 Å². The average Bonchev–Trinajstić information content (AvgIpc) is 2.78. The molecule has 6 heteroatoms. The van der Waals surface area contributed by atoms with Gasteiger partial charge in [-0.1, -0.05) is 23.7 Å². The van der Waals surface area contributed by atoms with Crippen LogP contribution in [-0.2, 0) is 16.0 Å². The molecule has 114 valence electrons. The predicted octanol–water partition coefficient (Wildman–Crippen LogP) is 2.23. The molecule has 1 heterocycles. The number of ether oxygens (including phenoxy) is 1. The SMILES string of the molecule is CN1CC(CCC(=O)NCCc2ccc(Cl)cc2)OC1=O. The summed E-state index contributed by atoms with van der Waals surface area (Å²) in [5.74, 6) is -0.0189. The molecule has 0 radical (unpaired) electrons. The molecule has 5 nitrogen and oxygen atoms in total. The molecule has 1 unspecified atom stereocenters. The monoisotopic (exact) mass is 310 g/mol. The Hall–Kier alpha value is -1.75. The minimum absolute atomic E-state index is 0.0189. The number of nitrogens with zero attached hydrogens (tertiary/aromatic N) is 1. The molecule has 0 saturated carbocycles. The first-order valence-electron chi connectivity index (χ1n) is 6.97. The lowest BCUT2D eigenvalue weighted by Crippen LogP contribution is -2.27. The highest BCUT2D eigenvalue weighted by Crippen LogP contribution is 2.13. The van der Waals surface area contributed by atoms with E-state index in [2.05, 4.69) is 5.32 Å². The predicted molar refractivity (Wildman–Crippen MR) is 80.3 cm³/mol. The van der Waals surface area contributed by atoms with Gasteiger partial charge in [-0.2, -0.15) is 0 Å². The highest BCUT2D eigenvalue weighted by molar-refractivity contribution is 6.30. The summed E-state index contributed by atoms with van der Waals surface area (Å²) in [6, 6.07) is 7.57. The van der Waals surface area contributed by atoms with E-state index >= 15 is 0 Å². The summed E-state index contributed by atoms with van der Waals surface area (Å²) in [5.41, 5.74) is 1.13. The Labute approximate surface area is 129 Å². The van der Waals surface area contributed by atoms with Crippen molar-refractivity contribution < 1.29 is 14.3 Å². The first-order chi connectivity index (χ1) is 10.0. The van der Waals surface area contributed by atoms with Gasteiger partial charge in [0.25, 0.3) is 0 Å². The molecule has 1 aliphatic rings. The van der Waals surface area contributed by atoms with Crippen molar-refractivity contribution in [3.63, 3.8) is 0 Å². The van der Waals surface area contributed by atoms with Crippen molar-refractivity contribution in [2.24, 2.45) is 0 Å². The fourth-order valence-corrected chi connectivity index (χ4v) is 2.30. The molecule has 1 aliphatic heterocycles. The van der Waals surface area contributed by atoms with Gasteiger partial charge < -0.3 is 15.0 Å². The standard InChI is InChI=1S/C15H19ClN2O3/c1-18-10-13(21-15(18)20)6-7-14(19)17-9-8-11-2-4-12(16)5-3-11/h2-5,13H,6-10H2,1H3,(H,17,19). The molecule has 0 aromatic heterocycles. The van der Waals surface area contributed by atoms with Gasteiger partial charge in [0.2, 0.25) is 5.91 Å². The summed E-state index contributed by atoms with van der Waals surface area (Å²) in [4.78, 5) is 24.4. The number of carbonyl (C=O) groups is 2. The highest BCUT2D eigenvalue weighted by Gasteiger charge is 2.28. The summed E-state index contributed by atoms with van der Waals surface area (Å²) in [6.07, 6.45) is 1.20. The van der Waals surface area contributed by atoms with Gasteiger partial charge in [0.15, 0.2) is 0 Å². The largest absolute Gasteiger partial charge is 0.444 e. The summed E-state index contributed by atoms with van der Waals surface area (Å²) in [7, 11) is 1.69. The normalized spacial score (nSPS) is 17.7. The van der Waals surface area contributed by atoms with Gasteiger partial charge >= 0.3 is 6.09 Å². The van der Waals surface area contributed by atoms with E-state index in [0.717, 1.165) is 12.0 Å². The van der Waals surface area contributed by atoms with Crippen LogP contribution in [0.2, 0.25) is 5.02 Å². The first-order valence-corrected chi connectivity index (χ1v) is 7.35. The summed E-state index contributed by atoms with van der Waals surface area (Å²) in [5, 5.41) is 3.57. The fourth-order valence-electron chi connectivity index (χ4n) is 2.18. The number of benzene rings is 1. The van der Waals surface area contributed by atoms with Gasteiger partial charge in [-0.15, -0.1) is 0 Å². The minimum atomic E-state index is -0.317. The molecule has 2 amide bonds. The van der Waals surface area contributed by atoms with Crippen LogP contribution in [0, 0.1) is 0 Å². The number of carbonyl (C=O) groups excluding carboxylic acids is 2. The third kappa shape index (κ3) is 4.93. The molecule has 0 bridgehead atoms. The number of rotatable bonds is 6. The molecule has 1 saturated heterocycles. The van der Waals surface area contributed by atoms with E-state index < -0.39 is 0 Å². The number of amides is 2. The molecule has 1 aromatic rings. The van der Waals surface area contributed by atoms with E-state index in [4.69, 9.17) is 16.3 Å². The molecule has 1 N–H and O–H groups in total. The maximum atomic E-state index is 11.7. The van der Waals surface area contributed by atoms with E-state index in [9.17, 15) is 9.59 Å². The lowest BCUT2D eigenvalue weighted by Gasteiger charge is -2.08. The maximum Gasteiger partial charge on any atom is 0.409 e. The number of halogens is 1. The second kappa shape index (κ2) is 7.31. The van der Waals surface area contributed by atoms with Crippen LogP contribution >= 0.6 is 11.6 Å². The minimum Gasteiger partial charge on any atom is -0.444 e. The van der Waals surface area contributed by atoms with Crippen LogP contribution in [0.4, 0.5) is 4.79 Å². The van der Waals surface area contributed by atoms with Crippen molar-refractivity contribution in [1.82, 2.24) is 10.2 Å². The zero-order valence-corrected chi connectivity index (χ0v) is 12.7. The van der Waals surface area contributed by atoms with E-state index in [1.54, 1.807) is 7.05 Å². The maximum absolute atomic E-state index is 11.7. The number of nitrogens with one attached hydrogen (secondary N) is 1. The lowest BCUT2D eigenvalue weighted by molar-refractivity contribution is -0.121. The molecule has 2 rings (SSSR count). The van der Waals surface area contributed by atoms with Gasteiger partial charge in [-0.3, -0.25) is 4.79 Å². The molecule has 21 heavy (non-hydrogen) atoms. The smallest absolute Gasteiger partial charge is 0.409 e. The van der Waals surface area contributed by atoms with Crippen LogP contribution in [-0.4, -0.2) is 43.1 Å². The topological polar surface area (TPSA) is 58.6 Å². The van der Waals surface area contributed by atoms with Gasteiger partial charge in [-0.25, -0.2) is 4.79 Å². The van der Waals surface area contributed by atoms with E-state index in [1.807, 2.05) is 24.3 Å². The third-order valence-electron chi connectivity index (χ3n) is 3.40. The van der Waals surface area contributed by atoms with Crippen molar-refractivity contribution in [2.45, 2.75) is 25.4 Å². The Kier molecular flexibility index (Phi) is 5.44. The molecular weight excluding hydrogens is 292 g/mol. The number of hydrogen-bond acceptors (Lipinski definition) is 3. The quantitative estimate of drug-likeness (QED) is 0.876. The van der Waals surface area contributed by atoms with Gasteiger partial charge in [-0.05, 0) is 30.5 Å². The summed E-state index contributed by atoms with van der Waals surface area (Å²) in [6.45, 7) is 1.14. The second-order valence-electron chi connectivity index (χ2n) is 5.15. The zero-order valence-electron chi connectivity index (χ0n) is 12.0. The Morgan fingerprint density at radius 1 is 1.43 bits per heavy atom. The van der Waals surface area contributed by atoms with Crippen LogP contribution in [0.25, 0.3) is 0 Å². The van der Waals surface area contributed by atoms with Gasteiger partial charge in [0.1, 0.15) is 6.10 Å². The van der Waals surface area contributed by atoms with Crippen molar-refractivity contribution in [2.75, 3.05) is 20.1 Å².